The molecule has 6 heteroatoms. The van der Waals surface area contributed by atoms with Crippen molar-refractivity contribution in [1.29, 1.82) is 0 Å². The average Bonchev–Trinajstić information content (AvgIpc) is 2.76. The Kier molecular flexibility index (Phi) is 4.56. The number of urea groups is 1. The minimum Gasteiger partial charge on any atom is -0.480 e. The third-order valence-electron chi connectivity index (χ3n) is 3.74. The number of aliphatic carboxylic acids is 1. The number of carboxylic acids is 1. The summed E-state index contributed by atoms with van der Waals surface area (Å²) in [6.45, 7) is 4.37. The van der Waals surface area contributed by atoms with Crippen LogP contribution in [0.1, 0.15) is 26.7 Å². The third kappa shape index (κ3) is 2.93. The minimum atomic E-state index is -1.22. The lowest BCUT2D eigenvalue weighted by Gasteiger charge is -2.34. The molecule has 0 radical (unpaired) electrons. The minimum absolute atomic E-state index is 0.128. The maximum absolute atomic E-state index is 12.2. The van der Waals surface area contributed by atoms with Gasteiger partial charge < -0.3 is 20.0 Å². The molecule has 0 bridgehead atoms. The highest BCUT2D eigenvalue weighted by molar-refractivity contribution is 5.85. The Labute approximate surface area is 107 Å². The standard InChI is InChI=1S/C12H22N2O4/c1-12(2,10(16)17)13(3)11(18)14-6-4-9(8-14)5-7-15/h9,15H,4-8H2,1-3H3,(H,16,17). The van der Waals surface area contributed by atoms with Crippen molar-refractivity contribution >= 4 is 12.0 Å². The highest BCUT2D eigenvalue weighted by Crippen LogP contribution is 2.22. The van der Waals surface area contributed by atoms with Crippen LogP contribution in [0.5, 0.6) is 0 Å². The third-order valence-corrected chi connectivity index (χ3v) is 3.74. The van der Waals surface area contributed by atoms with Gasteiger partial charge in [0.1, 0.15) is 5.54 Å². The molecule has 0 aromatic carbocycles. The highest BCUT2D eigenvalue weighted by Gasteiger charge is 2.38. The molecule has 104 valence electrons. The topological polar surface area (TPSA) is 81.1 Å². The fraction of sp³-hybridized carbons (Fsp3) is 0.833. The lowest BCUT2D eigenvalue weighted by Crippen LogP contribution is -2.54. The van der Waals surface area contributed by atoms with Gasteiger partial charge in [0, 0.05) is 26.7 Å². The number of nitrogens with zero attached hydrogens (tertiary/aromatic N) is 2. The Bertz CT molecular complexity index is 330. The van der Waals surface area contributed by atoms with Gasteiger partial charge in [-0.3, -0.25) is 0 Å². The van der Waals surface area contributed by atoms with Crippen LogP contribution < -0.4 is 0 Å². The van der Waals surface area contributed by atoms with E-state index in [0.29, 0.717) is 25.4 Å². The second kappa shape index (κ2) is 5.56. The number of carboxylic acid groups (broad SMARTS) is 1. The van der Waals surface area contributed by atoms with Gasteiger partial charge in [-0.15, -0.1) is 0 Å². The van der Waals surface area contributed by atoms with Crippen molar-refractivity contribution in [3.8, 4) is 0 Å². The Morgan fingerprint density at radius 2 is 2.06 bits per heavy atom. The molecule has 1 saturated heterocycles. The lowest BCUT2D eigenvalue weighted by molar-refractivity contribution is -0.147. The molecule has 1 aliphatic heterocycles. The van der Waals surface area contributed by atoms with Gasteiger partial charge in [-0.25, -0.2) is 9.59 Å². The number of hydrogen-bond acceptors (Lipinski definition) is 3. The van der Waals surface area contributed by atoms with Crippen LogP contribution in [0, 0.1) is 5.92 Å². The van der Waals surface area contributed by atoms with Crippen LogP contribution in [0.3, 0.4) is 0 Å². The number of carbonyl (C=O) groups excluding carboxylic acids is 1. The molecule has 6 nitrogen and oxygen atoms in total. The van der Waals surface area contributed by atoms with Crippen molar-refractivity contribution < 1.29 is 19.8 Å². The first-order valence-electron chi connectivity index (χ1n) is 6.17. The fourth-order valence-electron chi connectivity index (χ4n) is 2.02. The summed E-state index contributed by atoms with van der Waals surface area (Å²) in [5.74, 6) is -0.704. The Balaban J connectivity index is 2.63. The van der Waals surface area contributed by atoms with E-state index in [0.717, 1.165) is 6.42 Å². The van der Waals surface area contributed by atoms with E-state index in [2.05, 4.69) is 0 Å². The second-order valence-electron chi connectivity index (χ2n) is 5.32. The van der Waals surface area contributed by atoms with E-state index >= 15 is 0 Å². The Morgan fingerprint density at radius 1 is 1.44 bits per heavy atom. The number of aliphatic hydroxyl groups is 1. The molecule has 0 aromatic heterocycles. The van der Waals surface area contributed by atoms with Gasteiger partial charge in [0.25, 0.3) is 0 Å². The van der Waals surface area contributed by atoms with Crippen molar-refractivity contribution in [3.05, 3.63) is 0 Å². The summed E-state index contributed by atoms with van der Waals surface area (Å²) in [7, 11) is 1.51. The van der Waals surface area contributed by atoms with E-state index in [4.69, 9.17) is 10.2 Å². The number of likely N-dealkylation sites (N-methyl/N-ethyl adjacent to an activating group) is 1. The van der Waals surface area contributed by atoms with Crippen LogP contribution in [0.2, 0.25) is 0 Å². The summed E-state index contributed by atoms with van der Waals surface area (Å²) in [5, 5.41) is 18.0. The van der Waals surface area contributed by atoms with Crippen LogP contribution >= 0.6 is 0 Å². The summed E-state index contributed by atoms with van der Waals surface area (Å²) >= 11 is 0. The quantitative estimate of drug-likeness (QED) is 0.774. The SMILES string of the molecule is CN(C(=O)N1CCC(CCO)C1)C(C)(C)C(=O)O. The predicted molar refractivity (Wildman–Crippen MR) is 66.3 cm³/mol. The van der Waals surface area contributed by atoms with Crippen LogP contribution in [-0.2, 0) is 4.79 Å². The molecule has 1 aliphatic rings. The Morgan fingerprint density at radius 3 is 2.56 bits per heavy atom. The predicted octanol–water partition coefficient (Wildman–Crippen LogP) is 0.606. The van der Waals surface area contributed by atoms with Gasteiger partial charge in [0.15, 0.2) is 0 Å². The number of rotatable bonds is 4. The van der Waals surface area contributed by atoms with Crippen LogP contribution in [-0.4, -0.2) is 64.3 Å². The summed E-state index contributed by atoms with van der Waals surface area (Å²) < 4.78 is 0. The van der Waals surface area contributed by atoms with E-state index in [1.807, 2.05) is 0 Å². The zero-order valence-electron chi connectivity index (χ0n) is 11.2. The van der Waals surface area contributed by atoms with Gasteiger partial charge in [-0.05, 0) is 32.6 Å². The average molecular weight is 258 g/mol. The van der Waals surface area contributed by atoms with E-state index < -0.39 is 11.5 Å². The van der Waals surface area contributed by atoms with E-state index in [1.165, 1.54) is 25.8 Å². The van der Waals surface area contributed by atoms with E-state index in [1.54, 1.807) is 4.90 Å². The largest absolute Gasteiger partial charge is 0.480 e. The molecular formula is C12H22N2O4. The molecule has 0 saturated carbocycles. The number of amides is 2. The van der Waals surface area contributed by atoms with E-state index in [-0.39, 0.29) is 12.6 Å². The highest BCUT2D eigenvalue weighted by atomic mass is 16.4. The van der Waals surface area contributed by atoms with Crippen LogP contribution in [0.25, 0.3) is 0 Å². The first-order chi connectivity index (χ1) is 8.30. The lowest BCUT2D eigenvalue weighted by atomic mass is 10.0. The Hall–Kier alpha value is -1.30. The number of carbonyl (C=O) groups is 2. The number of hydrogen-bond donors (Lipinski definition) is 2. The zero-order chi connectivity index (χ0) is 13.9. The molecule has 2 N–H and O–H groups in total. The number of aliphatic hydroxyl groups excluding tert-OH is 1. The van der Waals surface area contributed by atoms with Crippen molar-refractivity contribution in [3.63, 3.8) is 0 Å². The first-order valence-corrected chi connectivity index (χ1v) is 6.17. The van der Waals surface area contributed by atoms with Crippen molar-refractivity contribution in [2.45, 2.75) is 32.2 Å². The smallest absolute Gasteiger partial charge is 0.329 e. The summed E-state index contributed by atoms with van der Waals surface area (Å²) in [5.41, 5.74) is -1.22. The molecule has 1 heterocycles. The van der Waals surface area contributed by atoms with Crippen LogP contribution in [0.15, 0.2) is 0 Å². The molecule has 0 aromatic rings. The molecular weight excluding hydrogens is 236 g/mol. The van der Waals surface area contributed by atoms with Crippen molar-refractivity contribution in [2.24, 2.45) is 5.92 Å². The zero-order valence-corrected chi connectivity index (χ0v) is 11.2. The van der Waals surface area contributed by atoms with Gasteiger partial charge in [0.05, 0.1) is 0 Å². The number of likely N-dealkylation sites (tertiary alicyclic amines) is 1. The maximum Gasteiger partial charge on any atom is 0.329 e. The van der Waals surface area contributed by atoms with Crippen molar-refractivity contribution in [2.75, 3.05) is 26.7 Å². The molecule has 1 atom stereocenters. The second-order valence-corrected chi connectivity index (χ2v) is 5.32. The van der Waals surface area contributed by atoms with E-state index in [9.17, 15) is 9.59 Å². The first kappa shape index (κ1) is 14.8. The molecule has 0 spiro atoms. The monoisotopic (exact) mass is 258 g/mol. The molecule has 1 unspecified atom stereocenters. The summed E-state index contributed by atoms with van der Waals surface area (Å²) in [6.07, 6.45) is 1.56. The molecule has 1 rings (SSSR count). The van der Waals surface area contributed by atoms with Crippen LogP contribution in [0.4, 0.5) is 4.79 Å². The van der Waals surface area contributed by atoms with Gasteiger partial charge in [-0.1, -0.05) is 0 Å². The summed E-state index contributed by atoms with van der Waals surface area (Å²) in [6, 6.07) is -0.261. The summed E-state index contributed by atoms with van der Waals surface area (Å²) in [4.78, 5) is 26.2. The molecule has 18 heavy (non-hydrogen) atoms. The molecule has 0 aliphatic carbocycles. The van der Waals surface area contributed by atoms with Crippen molar-refractivity contribution in [1.82, 2.24) is 9.80 Å². The van der Waals surface area contributed by atoms with Gasteiger partial charge >= 0.3 is 12.0 Å². The molecule has 2 amide bonds. The maximum atomic E-state index is 12.2. The van der Waals surface area contributed by atoms with Gasteiger partial charge in [0.2, 0.25) is 0 Å². The molecule has 1 fully saturated rings. The fourth-order valence-corrected chi connectivity index (χ4v) is 2.02. The van der Waals surface area contributed by atoms with Gasteiger partial charge in [-0.2, -0.15) is 0 Å². The normalized spacial score (nSPS) is 20.0.